The number of anilines is 1. The molecule has 0 bridgehead atoms. The fraction of sp³-hybridized carbons (Fsp3) is 0.318. The van der Waals surface area contributed by atoms with Crippen molar-refractivity contribution < 1.29 is 13.2 Å². The third-order valence-corrected chi connectivity index (χ3v) is 7.49. The van der Waals surface area contributed by atoms with Crippen LogP contribution in [-0.4, -0.2) is 59.4 Å². The van der Waals surface area contributed by atoms with Crippen molar-refractivity contribution in [3.63, 3.8) is 0 Å². The molecule has 162 valence electrons. The zero-order valence-corrected chi connectivity index (χ0v) is 18.6. The number of carbonyl (C=O) groups is 1. The molecular weight excluding hydrogens is 414 g/mol. The number of nitrogens with zero attached hydrogens (tertiary/aromatic N) is 5. The van der Waals surface area contributed by atoms with Gasteiger partial charge in [-0.05, 0) is 45.0 Å². The van der Waals surface area contributed by atoms with Crippen molar-refractivity contribution in [3.05, 3.63) is 65.6 Å². The van der Waals surface area contributed by atoms with Crippen LogP contribution in [0.25, 0.3) is 5.82 Å². The van der Waals surface area contributed by atoms with Crippen LogP contribution in [0, 0.1) is 13.8 Å². The second kappa shape index (κ2) is 8.24. The average molecular weight is 440 g/mol. The quantitative estimate of drug-likeness (QED) is 0.568. The second-order valence-corrected chi connectivity index (χ2v) is 9.53. The maximum Gasteiger partial charge on any atom is 0.243 e. The van der Waals surface area contributed by atoms with Crippen molar-refractivity contribution >= 4 is 21.5 Å². The highest BCUT2D eigenvalue weighted by Crippen LogP contribution is 2.28. The summed E-state index contributed by atoms with van der Waals surface area (Å²) in [5.41, 5.74) is 3.39. The summed E-state index contributed by atoms with van der Waals surface area (Å²) < 4.78 is 29.4. The highest BCUT2D eigenvalue weighted by molar-refractivity contribution is 7.89. The highest BCUT2D eigenvalue weighted by Gasteiger charge is 2.30. The first-order chi connectivity index (χ1) is 14.8. The molecule has 3 heterocycles. The van der Waals surface area contributed by atoms with Crippen molar-refractivity contribution in [2.45, 2.75) is 25.7 Å². The molecule has 31 heavy (non-hydrogen) atoms. The molecule has 0 unspecified atom stereocenters. The summed E-state index contributed by atoms with van der Waals surface area (Å²) in [6.07, 6.45) is 1.73. The number of sulfonamides is 1. The topological polar surface area (TPSA) is 88.4 Å². The van der Waals surface area contributed by atoms with E-state index in [-0.39, 0.29) is 10.7 Å². The predicted octanol–water partition coefficient (Wildman–Crippen LogP) is 2.60. The summed E-state index contributed by atoms with van der Waals surface area (Å²) in [6.45, 7) is 7.32. The van der Waals surface area contributed by atoms with Gasteiger partial charge >= 0.3 is 0 Å². The fourth-order valence-electron chi connectivity index (χ4n) is 3.96. The molecule has 1 aliphatic heterocycles. The Morgan fingerprint density at radius 1 is 0.968 bits per heavy atom. The molecule has 0 radical (unpaired) electrons. The number of benzene rings is 1. The van der Waals surface area contributed by atoms with Crippen LogP contribution < -0.4 is 4.90 Å². The van der Waals surface area contributed by atoms with E-state index < -0.39 is 10.0 Å². The number of pyridine rings is 1. The van der Waals surface area contributed by atoms with E-state index in [4.69, 9.17) is 0 Å². The summed E-state index contributed by atoms with van der Waals surface area (Å²) in [5.74, 6) is 0.666. The van der Waals surface area contributed by atoms with Gasteiger partial charge in [0.1, 0.15) is 0 Å². The Kier molecular flexibility index (Phi) is 5.63. The lowest BCUT2D eigenvalue weighted by Crippen LogP contribution is -2.49. The number of hydrogen-bond donors (Lipinski definition) is 0. The van der Waals surface area contributed by atoms with Crippen molar-refractivity contribution in [2.24, 2.45) is 0 Å². The zero-order valence-electron chi connectivity index (χ0n) is 17.8. The number of hydrogen-bond acceptors (Lipinski definition) is 6. The monoisotopic (exact) mass is 439 g/mol. The Morgan fingerprint density at radius 3 is 2.23 bits per heavy atom. The number of rotatable bonds is 5. The van der Waals surface area contributed by atoms with Crippen LogP contribution >= 0.6 is 0 Å². The van der Waals surface area contributed by atoms with Gasteiger partial charge in [0, 0.05) is 37.9 Å². The summed E-state index contributed by atoms with van der Waals surface area (Å²) in [5, 5.41) is 4.65. The number of aryl methyl sites for hydroxylation is 1. The van der Waals surface area contributed by atoms with Crippen LogP contribution in [0.4, 0.5) is 5.69 Å². The maximum atomic E-state index is 13.0. The molecule has 0 aliphatic carbocycles. The molecule has 1 aliphatic rings. The number of carbonyl (C=O) groups excluding carboxylic acids is 1. The highest BCUT2D eigenvalue weighted by atomic mass is 32.2. The molecular formula is C22H25N5O3S. The van der Waals surface area contributed by atoms with Crippen molar-refractivity contribution in [1.29, 1.82) is 0 Å². The molecule has 0 spiro atoms. The predicted molar refractivity (Wildman–Crippen MR) is 118 cm³/mol. The van der Waals surface area contributed by atoms with E-state index in [0.717, 1.165) is 22.9 Å². The van der Waals surface area contributed by atoms with Gasteiger partial charge in [0.15, 0.2) is 11.6 Å². The van der Waals surface area contributed by atoms with Gasteiger partial charge in [0.05, 0.1) is 22.0 Å². The normalized spacial score (nSPS) is 15.3. The Bertz CT molecular complexity index is 1200. The minimum atomic E-state index is -3.60. The largest absolute Gasteiger partial charge is 0.366 e. The molecule has 9 heteroatoms. The summed E-state index contributed by atoms with van der Waals surface area (Å²) >= 11 is 0. The Labute approximate surface area is 182 Å². The van der Waals surface area contributed by atoms with E-state index >= 15 is 0 Å². The first-order valence-corrected chi connectivity index (χ1v) is 11.6. The van der Waals surface area contributed by atoms with E-state index in [1.165, 1.54) is 23.4 Å². The lowest BCUT2D eigenvalue weighted by Gasteiger charge is -2.35. The number of aromatic nitrogens is 3. The van der Waals surface area contributed by atoms with E-state index in [1.807, 2.05) is 36.7 Å². The Morgan fingerprint density at radius 2 is 1.65 bits per heavy atom. The van der Waals surface area contributed by atoms with Gasteiger partial charge in [-0.15, -0.1) is 0 Å². The number of ketones is 1. The summed E-state index contributed by atoms with van der Waals surface area (Å²) in [4.78, 5) is 18.2. The fourth-order valence-corrected chi connectivity index (χ4v) is 5.38. The summed E-state index contributed by atoms with van der Waals surface area (Å²) in [7, 11) is -3.60. The van der Waals surface area contributed by atoms with Crippen LogP contribution in [-0.2, 0) is 10.0 Å². The lowest BCUT2D eigenvalue weighted by molar-refractivity contribution is 0.101. The maximum absolute atomic E-state index is 13.0. The Balaban J connectivity index is 1.51. The van der Waals surface area contributed by atoms with E-state index in [9.17, 15) is 13.2 Å². The third kappa shape index (κ3) is 3.98. The Hall–Kier alpha value is -3.04. The summed E-state index contributed by atoms with van der Waals surface area (Å²) in [6, 6.07) is 11.8. The molecule has 1 saturated heterocycles. The van der Waals surface area contributed by atoms with Gasteiger partial charge in [0.25, 0.3) is 0 Å². The standard InChI is InChI=1S/C22H25N5O3S/c1-16-22(17(2)27(24-16)21-6-4-5-11-23-21)25-12-14-26(15-13-25)31(29,30)20-9-7-19(8-10-20)18(3)28/h4-11H,12-15H2,1-3H3. The van der Waals surface area contributed by atoms with Crippen molar-refractivity contribution in [3.8, 4) is 5.82 Å². The molecule has 0 N–H and O–H groups in total. The van der Waals surface area contributed by atoms with Crippen LogP contribution in [0.5, 0.6) is 0 Å². The molecule has 1 aromatic carbocycles. The molecule has 1 fully saturated rings. The average Bonchev–Trinajstić information content (AvgIpc) is 3.08. The van der Waals surface area contributed by atoms with E-state index in [2.05, 4.69) is 15.0 Å². The first-order valence-electron chi connectivity index (χ1n) is 10.1. The molecule has 8 nitrogen and oxygen atoms in total. The third-order valence-electron chi connectivity index (χ3n) is 5.57. The molecule has 0 atom stereocenters. The van der Waals surface area contributed by atoms with Gasteiger partial charge in [0.2, 0.25) is 10.0 Å². The number of Topliss-reactive ketones (excluding diaryl/α,β-unsaturated/α-hetero) is 1. The minimum Gasteiger partial charge on any atom is -0.366 e. The first kappa shape index (κ1) is 21.2. The van der Waals surface area contributed by atoms with Gasteiger partial charge < -0.3 is 4.90 Å². The van der Waals surface area contributed by atoms with E-state index in [0.29, 0.717) is 31.7 Å². The van der Waals surface area contributed by atoms with E-state index in [1.54, 1.807) is 18.3 Å². The number of piperazine rings is 1. The lowest BCUT2D eigenvalue weighted by atomic mass is 10.2. The molecule has 0 amide bonds. The molecule has 3 aromatic rings. The minimum absolute atomic E-state index is 0.0884. The van der Waals surface area contributed by atoms with Crippen LogP contribution in [0.3, 0.4) is 0 Å². The van der Waals surface area contributed by atoms with Gasteiger partial charge in [-0.3, -0.25) is 4.79 Å². The smallest absolute Gasteiger partial charge is 0.243 e. The van der Waals surface area contributed by atoms with Crippen LogP contribution in [0.1, 0.15) is 28.7 Å². The van der Waals surface area contributed by atoms with Crippen LogP contribution in [0.2, 0.25) is 0 Å². The molecule has 0 saturated carbocycles. The van der Waals surface area contributed by atoms with Gasteiger partial charge in [-0.1, -0.05) is 18.2 Å². The second-order valence-electron chi connectivity index (χ2n) is 7.59. The van der Waals surface area contributed by atoms with Gasteiger partial charge in [-0.2, -0.15) is 9.40 Å². The molecule has 4 rings (SSSR count). The van der Waals surface area contributed by atoms with Crippen LogP contribution in [0.15, 0.2) is 53.6 Å². The molecule has 2 aromatic heterocycles. The van der Waals surface area contributed by atoms with Gasteiger partial charge in [-0.25, -0.2) is 18.1 Å². The van der Waals surface area contributed by atoms with Crippen molar-refractivity contribution in [2.75, 3.05) is 31.1 Å². The SMILES string of the molecule is CC(=O)c1ccc(S(=O)(=O)N2CCN(c3c(C)nn(-c4ccccn4)c3C)CC2)cc1. The zero-order chi connectivity index (χ0) is 22.2. The van der Waals surface area contributed by atoms with Crippen molar-refractivity contribution in [1.82, 2.24) is 19.1 Å².